The van der Waals surface area contributed by atoms with Gasteiger partial charge in [-0.3, -0.25) is 0 Å². The van der Waals surface area contributed by atoms with E-state index in [9.17, 15) is 8.42 Å². The monoisotopic (exact) mass is 416 g/mol. The van der Waals surface area contributed by atoms with Crippen LogP contribution in [0.4, 0.5) is 5.82 Å². The molecule has 0 atom stereocenters. The first-order valence-electron chi connectivity index (χ1n) is 10.0. The van der Waals surface area contributed by atoms with E-state index >= 15 is 0 Å². The Kier molecular flexibility index (Phi) is 4.59. The minimum atomic E-state index is -3.62. The molecule has 2 aliphatic heterocycles. The lowest BCUT2D eigenvalue weighted by atomic mass is 9.96. The van der Waals surface area contributed by atoms with Gasteiger partial charge in [0.1, 0.15) is 13.2 Å². The lowest BCUT2D eigenvalue weighted by Gasteiger charge is -2.43. The predicted octanol–water partition coefficient (Wildman–Crippen LogP) is 1.64. The summed E-state index contributed by atoms with van der Waals surface area (Å²) in [5, 5.41) is 8.73. The molecule has 1 aliphatic carbocycles. The van der Waals surface area contributed by atoms with Crippen LogP contribution >= 0.6 is 0 Å². The van der Waals surface area contributed by atoms with Crippen LogP contribution in [0.5, 0.6) is 11.5 Å². The highest BCUT2D eigenvalue weighted by Gasteiger charge is 2.38. The van der Waals surface area contributed by atoms with E-state index in [0.717, 1.165) is 24.4 Å². The van der Waals surface area contributed by atoms with E-state index < -0.39 is 10.0 Å². The van der Waals surface area contributed by atoms with E-state index in [1.807, 2.05) is 0 Å². The molecule has 3 aliphatic rings. The van der Waals surface area contributed by atoms with Crippen LogP contribution in [0.2, 0.25) is 0 Å². The van der Waals surface area contributed by atoms with E-state index in [0.29, 0.717) is 37.8 Å². The number of fused-ring (bicyclic) bond motifs is 2. The fourth-order valence-corrected chi connectivity index (χ4v) is 5.41. The summed E-state index contributed by atoms with van der Waals surface area (Å²) in [6.45, 7) is 2.11. The molecule has 0 saturated carbocycles. The molecule has 0 radical (unpaired) electrons. The second kappa shape index (κ2) is 7.14. The van der Waals surface area contributed by atoms with Crippen molar-refractivity contribution in [2.75, 3.05) is 38.3 Å². The molecule has 0 bridgehead atoms. The Morgan fingerprint density at radius 3 is 2.62 bits per heavy atom. The molecule has 2 aromatic rings. The van der Waals surface area contributed by atoms with E-state index in [4.69, 9.17) is 9.47 Å². The third-order valence-electron chi connectivity index (χ3n) is 5.95. The maximum atomic E-state index is 13.1. The van der Waals surface area contributed by atoms with Gasteiger partial charge in [-0.05, 0) is 49.4 Å². The molecule has 5 rings (SSSR count). The first-order chi connectivity index (χ1) is 14.0. The van der Waals surface area contributed by atoms with Gasteiger partial charge < -0.3 is 14.4 Å². The largest absolute Gasteiger partial charge is 0.486 e. The van der Waals surface area contributed by atoms with Gasteiger partial charge in [-0.2, -0.15) is 9.40 Å². The molecular formula is C20H24N4O4S. The van der Waals surface area contributed by atoms with Crippen molar-refractivity contribution >= 4 is 15.8 Å². The SMILES string of the molecule is CN(C1CN(c2cc3c(nn2)CCCC3)C1)S(=O)(=O)c1ccc2c(c1)OCCO2. The second-order valence-electron chi connectivity index (χ2n) is 7.77. The number of likely N-dealkylation sites (N-methyl/N-ethyl adjacent to an activating group) is 1. The molecule has 1 aromatic heterocycles. The number of sulfonamides is 1. The first kappa shape index (κ1) is 18.6. The highest BCUT2D eigenvalue weighted by Crippen LogP contribution is 2.34. The van der Waals surface area contributed by atoms with Gasteiger partial charge in [0.15, 0.2) is 17.3 Å². The van der Waals surface area contributed by atoms with E-state index in [1.165, 1.54) is 22.7 Å². The number of anilines is 1. The lowest BCUT2D eigenvalue weighted by molar-refractivity contribution is 0.171. The fourth-order valence-electron chi connectivity index (χ4n) is 4.05. The Morgan fingerprint density at radius 2 is 1.79 bits per heavy atom. The zero-order valence-electron chi connectivity index (χ0n) is 16.4. The van der Waals surface area contributed by atoms with Gasteiger partial charge >= 0.3 is 0 Å². The Balaban J connectivity index is 1.29. The zero-order chi connectivity index (χ0) is 20.0. The third kappa shape index (κ3) is 3.32. The van der Waals surface area contributed by atoms with Crippen molar-refractivity contribution in [1.29, 1.82) is 0 Å². The van der Waals surface area contributed by atoms with Crippen molar-refractivity contribution < 1.29 is 17.9 Å². The van der Waals surface area contributed by atoms with Crippen LogP contribution in [0.25, 0.3) is 0 Å². The van der Waals surface area contributed by atoms with Crippen LogP contribution in [0, 0.1) is 0 Å². The van der Waals surface area contributed by atoms with E-state index in [-0.39, 0.29) is 10.9 Å². The van der Waals surface area contributed by atoms with Crippen LogP contribution < -0.4 is 14.4 Å². The second-order valence-corrected chi connectivity index (χ2v) is 9.76. The van der Waals surface area contributed by atoms with Gasteiger partial charge in [-0.1, -0.05) is 0 Å². The molecule has 29 heavy (non-hydrogen) atoms. The third-order valence-corrected chi connectivity index (χ3v) is 7.85. The summed E-state index contributed by atoms with van der Waals surface area (Å²) in [5.74, 6) is 1.90. The molecule has 1 aromatic carbocycles. The van der Waals surface area contributed by atoms with Crippen molar-refractivity contribution in [1.82, 2.24) is 14.5 Å². The quantitative estimate of drug-likeness (QED) is 0.749. The highest BCUT2D eigenvalue weighted by molar-refractivity contribution is 7.89. The lowest BCUT2D eigenvalue weighted by Crippen LogP contribution is -2.60. The zero-order valence-corrected chi connectivity index (χ0v) is 17.2. The average molecular weight is 417 g/mol. The minimum absolute atomic E-state index is 0.106. The molecule has 0 unspecified atom stereocenters. The molecule has 3 heterocycles. The van der Waals surface area contributed by atoms with Crippen LogP contribution in [0.1, 0.15) is 24.1 Å². The van der Waals surface area contributed by atoms with E-state index in [1.54, 1.807) is 25.2 Å². The van der Waals surface area contributed by atoms with Crippen molar-refractivity contribution in [3.8, 4) is 11.5 Å². The molecular weight excluding hydrogens is 392 g/mol. The van der Waals surface area contributed by atoms with Gasteiger partial charge in [-0.15, -0.1) is 5.10 Å². The van der Waals surface area contributed by atoms with Gasteiger partial charge in [0.05, 0.1) is 16.6 Å². The number of rotatable bonds is 4. The molecule has 8 nitrogen and oxygen atoms in total. The maximum absolute atomic E-state index is 13.1. The summed E-state index contributed by atoms with van der Waals surface area (Å²) < 4.78 is 38.6. The number of hydrogen-bond donors (Lipinski definition) is 0. The number of benzene rings is 1. The van der Waals surface area contributed by atoms with Crippen LogP contribution in [0.15, 0.2) is 29.2 Å². The van der Waals surface area contributed by atoms with Crippen LogP contribution in [-0.4, -0.2) is 62.3 Å². The first-order valence-corrected chi connectivity index (χ1v) is 11.4. The van der Waals surface area contributed by atoms with Gasteiger partial charge in [0.2, 0.25) is 10.0 Å². The molecule has 0 spiro atoms. The van der Waals surface area contributed by atoms with Crippen molar-refractivity contribution in [3.05, 3.63) is 35.5 Å². The topological polar surface area (TPSA) is 84.9 Å². The molecule has 9 heteroatoms. The summed E-state index contributed by atoms with van der Waals surface area (Å²) in [6.07, 6.45) is 4.42. The standard InChI is InChI=1S/C20H24N4O4S/c1-23(29(25,26)16-6-7-18-19(11-16)28-9-8-27-18)15-12-24(13-15)20-10-14-4-2-3-5-17(14)21-22-20/h6-7,10-11,15H,2-5,8-9,12-13H2,1H3. The Bertz CT molecular complexity index is 1040. The number of hydrogen-bond acceptors (Lipinski definition) is 7. The summed E-state index contributed by atoms with van der Waals surface area (Å²) in [4.78, 5) is 2.30. The van der Waals surface area contributed by atoms with Crippen molar-refractivity contribution in [2.45, 2.75) is 36.6 Å². The Morgan fingerprint density at radius 1 is 1.03 bits per heavy atom. The summed E-state index contributed by atoms with van der Waals surface area (Å²) >= 11 is 0. The number of nitrogens with zero attached hydrogens (tertiary/aromatic N) is 4. The molecule has 0 N–H and O–H groups in total. The number of aryl methyl sites for hydroxylation is 2. The van der Waals surface area contributed by atoms with Crippen molar-refractivity contribution in [3.63, 3.8) is 0 Å². The summed E-state index contributed by atoms with van der Waals surface area (Å²) in [7, 11) is -1.99. The normalized spacial score (nSPS) is 19.0. The van der Waals surface area contributed by atoms with Crippen LogP contribution in [-0.2, 0) is 22.9 Å². The van der Waals surface area contributed by atoms with Crippen molar-refractivity contribution in [2.24, 2.45) is 0 Å². The van der Waals surface area contributed by atoms with Crippen LogP contribution in [0.3, 0.4) is 0 Å². The molecule has 154 valence electrons. The Hall–Kier alpha value is -2.39. The minimum Gasteiger partial charge on any atom is -0.486 e. The molecule has 1 saturated heterocycles. The van der Waals surface area contributed by atoms with Gasteiger partial charge in [0.25, 0.3) is 0 Å². The highest BCUT2D eigenvalue weighted by atomic mass is 32.2. The predicted molar refractivity (Wildman–Crippen MR) is 107 cm³/mol. The van der Waals surface area contributed by atoms with Gasteiger partial charge in [-0.25, -0.2) is 8.42 Å². The molecule has 0 amide bonds. The average Bonchev–Trinajstić information content (AvgIpc) is 2.72. The van der Waals surface area contributed by atoms with Gasteiger partial charge in [0, 0.05) is 26.2 Å². The van der Waals surface area contributed by atoms with E-state index in [2.05, 4.69) is 21.2 Å². The Labute approximate surface area is 170 Å². The summed E-state index contributed by atoms with van der Waals surface area (Å²) in [5.41, 5.74) is 2.39. The summed E-state index contributed by atoms with van der Waals surface area (Å²) in [6, 6.07) is 6.79. The molecule has 1 fully saturated rings. The smallest absolute Gasteiger partial charge is 0.243 e. The fraction of sp³-hybridized carbons (Fsp3) is 0.500. The number of ether oxygens (including phenoxy) is 2. The maximum Gasteiger partial charge on any atom is 0.243 e. The number of aromatic nitrogens is 2.